The van der Waals surface area contributed by atoms with Gasteiger partial charge in [0, 0.05) is 13.1 Å². The van der Waals surface area contributed by atoms with Gasteiger partial charge in [-0.15, -0.1) is 0 Å². The Morgan fingerprint density at radius 1 is 1.31 bits per heavy atom. The lowest BCUT2D eigenvalue weighted by Crippen LogP contribution is -2.39. The van der Waals surface area contributed by atoms with Gasteiger partial charge in [-0.3, -0.25) is 4.79 Å². The number of hydrogen-bond donors (Lipinski definition) is 2. The van der Waals surface area contributed by atoms with Crippen LogP contribution in [0.3, 0.4) is 0 Å². The minimum Gasteiger partial charge on any atom is -0.354 e. The number of nitrogens with one attached hydrogen (secondary N) is 2. The van der Waals surface area contributed by atoms with Crippen molar-refractivity contribution in [1.82, 2.24) is 15.5 Å². The molecule has 0 atom stereocenters. The van der Waals surface area contributed by atoms with E-state index in [2.05, 4.69) is 29.4 Å². The summed E-state index contributed by atoms with van der Waals surface area (Å²) >= 11 is 0. The maximum atomic E-state index is 11.4. The second-order valence-electron chi connectivity index (χ2n) is 4.45. The lowest BCUT2D eigenvalue weighted by atomic mass is 10.4. The summed E-state index contributed by atoms with van der Waals surface area (Å²) in [4.78, 5) is 13.7. The summed E-state index contributed by atoms with van der Waals surface area (Å²) < 4.78 is 0. The lowest BCUT2D eigenvalue weighted by molar-refractivity contribution is -0.120. The number of hydrogen-bond acceptors (Lipinski definition) is 3. The fourth-order valence-corrected chi connectivity index (χ4v) is 1.67. The topological polar surface area (TPSA) is 44.4 Å². The van der Waals surface area contributed by atoms with E-state index >= 15 is 0 Å². The summed E-state index contributed by atoms with van der Waals surface area (Å²) in [7, 11) is 0. The summed E-state index contributed by atoms with van der Waals surface area (Å²) in [5.74, 6) is 0.955. The van der Waals surface area contributed by atoms with Crippen molar-refractivity contribution >= 4 is 5.91 Å². The van der Waals surface area contributed by atoms with E-state index in [0.717, 1.165) is 38.6 Å². The highest BCUT2D eigenvalue weighted by Gasteiger charge is 2.20. The minimum atomic E-state index is 0.118. The van der Waals surface area contributed by atoms with Gasteiger partial charge in [0.25, 0.3) is 0 Å². The summed E-state index contributed by atoms with van der Waals surface area (Å²) in [5.41, 5.74) is 0. The van der Waals surface area contributed by atoms with Crippen LogP contribution < -0.4 is 10.6 Å². The van der Waals surface area contributed by atoms with Gasteiger partial charge in [-0.25, -0.2) is 0 Å². The standard InChI is InChI=1S/C12H25N3O/c1-3-15(4-2)8-7-14-12(16)10-13-9-11-5-6-11/h11,13H,3-10H2,1-2H3,(H,14,16). The Kier molecular flexibility index (Phi) is 6.42. The van der Waals surface area contributed by atoms with E-state index in [9.17, 15) is 4.79 Å². The molecule has 0 spiro atoms. The van der Waals surface area contributed by atoms with E-state index in [1.807, 2.05) is 0 Å². The Morgan fingerprint density at radius 2 is 2.00 bits per heavy atom. The molecule has 2 N–H and O–H groups in total. The molecular formula is C12H25N3O. The molecule has 94 valence electrons. The van der Waals surface area contributed by atoms with Crippen LogP contribution in [0.5, 0.6) is 0 Å². The molecule has 16 heavy (non-hydrogen) atoms. The smallest absolute Gasteiger partial charge is 0.234 e. The van der Waals surface area contributed by atoms with Gasteiger partial charge in [-0.2, -0.15) is 0 Å². The van der Waals surface area contributed by atoms with Gasteiger partial charge in [-0.05, 0) is 38.4 Å². The van der Waals surface area contributed by atoms with Gasteiger partial charge in [0.15, 0.2) is 0 Å². The molecule has 0 saturated heterocycles. The molecule has 1 aliphatic carbocycles. The molecule has 0 aromatic heterocycles. The summed E-state index contributed by atoms with van der Waals surface area (Å²) in [5, 5.41) is 6.12. The van der Waals surface area contributed by atoms with Gasteiger partial charge in [-0.1, -0.05) is 13.8 Å². The van der Waals surface area contributed by atoms with Crippen LogP contribution in [0.4, 0.5) is 0 Å². The predicted molar refractivity (Wildman–Crippen MR) is 66.4 cm³/mol. The monoisotopic (exact) mass is 227 g/mol. The van der Waals surface area contributed by atoms with Gasteiger partial charge >= 0.3 is 0 Å². The van der Waals surface area contributed by atoms with Gasteiger partial charge in [0.2, 0.25) is 5.91 Å². The molecule has 0 heterocycles. The Bertz CT molecular complexity index is 200. The van der Waals surface area contributed by atoms with E-state index in [4.69, 9.17) is 0 Å². The number of likely N-dealkylation sites (N-methyl/N-ethyl adjacent to an activating group) is 1. The molecule has 0 aliphatic heterocycles. The summed E-state index contributed by atoms with van der Waals surface area (Å²) in [6.45, 7) is 9.55. The summed E-state index contributed by atoms with van der Waals surface area (Å²) in [6.07, 6.45) is 2.66. The largest absolute Gasteiger partial charge is 0.354 e. The first-order chi connectivity index (χ1) is 7.76. The summed E-state index contributed by atoms with van der Waals surface area (Å²) in [6, 6.07) is 0. The molecule has 1 amide bonds. The van der Waals surface area contributed by atoms with Crippen molar-refractivity contribution < 1.29 is 4.79 Å². The Morgan fingerprint density at radius 3 is 2.56 bits per heavy atom. The first kappa shape index (κ1) is 13.5. The lowest BCUT2D eigenvalue weighted by Gasteiger charge is -2.17. The second-order valence-corrected chi connectivity index (χ2v) is 4.45. The molecule has 0 bridgehead atoms. The molecular weight excluding hydrogens is 202 g/mol. The molecule has 1 rings (SSSR count). The van der Waals surface area contributed by atoms with E-state index in [-0.39, 0.29) is 5.91 Å². The minimum absolute atomic E-state index is 0.118. The van der Waals surface area contributed by atoms with Gasteiger partial charge in [0.1, 0.15) is 0 Å². The highest BCUT2D eigenvalue weighted by atomic mass is 16.1. The van der Waals surface area contributed by atoms with Crippen molar-refractivity contribution in [2.24, 2.45) is 5.92 Å². The van der Waals surface area contributed by atoms with Crippen LogP contribution in [0.1, 0.15) is 26.7 Å². The van der Waals surface area contributed by atoms with Crippen LogP contribution in [-0.4, -0.2) is 50.1 Å². The van der Waals surface area contributed by atoms with E-state index in [1.54, 1.807) is 0 Å². The second kappa shape index (κ2) is 7.63. The van der Waals surface area contributed by atoms with E-state index < -0.39 is 0 Å². The molecule has 0 radical (unpaired) electrons. The molecule has 1 aliphatic rings. The first-order valence-corrected chi connectivity index (χ1v) is 6.46. The highest BCUT2D eigenvalue weighted by Crippen LogP contribution is 2.27. The Balaban J connectivity index is 1.92. The zero-order valence-corrected chi connectivity index (χ0v) is 10.6. The number of rotatable bonds is 9. The molecule has 1 saturated carbocycles. The van der Waals surface area contributed by atoms with Crippen molar-refractivity contribution in [3.8, 4) is 0 Å². The number of carbonyl (C=O) groups is 1. The van der Waals surface area contributed by atoms with Crippen molar-refractivity contribution in [3.05, 3.63) is 0 Å². The van der Waals surface area contributed by atoms with Crippen LogP contribution >= 0.6 is 0 Å². The molecule has 0 unspecified atom stereocenters. The molecule has 0 aromatic carbocycles. The quantitative estimate of drug-likeness (QED) is 0.601. The Hall–Kier alpha value is -0.610. The van der Waals surface area contributed by atoms with Crippen molar-refractivity contribution in [3.63, 3.8) is 0 Å². The average Bonchev–Trinajstić information content (AvgIpc) is 3.08. The third-order valence-electron chi connectivity index (χ3n) is 3.06. The average molecular weight is 227 g/mol. The van der Waals surface area contributed by atoms with Crippen LogP contribution in [0.2, 0.25) is 0 Å². The van der Waals surface area contributed by atoms with Crippen molar-refractivity contribution in [2.75, 3.05) is 39.3 Å². The fraction of sp³-hybridized carbons (Fsp3) is 0.917. The van der Waals surface area contributed by atoms with Crippen LogP contribution in [0.25, 0.3) is 0 Å². The first-order valence-electron chi connectivity index (χ1n) is 6.46. The van der Waals surface area contributed by atoms with Crippen LogP contribution in [-0.2, 0) is 4.79 Å². The predicted octanol–water partition coefficient (Wildman–Crippen LogP) is 0.444. The fourth-order valence-electron chi connectivity index (χ4n) is 1.67. The van der Waals surface area contributed by atoms with Crippen LogP contribution in [0, 0.1) is 5.92 Å². The molecule has 4 nitrogen and oxygen atoms in total. The third kappa shape index (κ3) is 6.08. The molecule has 0 aromatic rings. The molecule has 1 fully saturated rings. The maximum absolute atomic E-state index is 11.4. The van der Waals surface area contributed by atoms with Crippen LogP contribution in [0.15, 0.2) is 0 Å². The third-order valence-corrected chi connectivity index (χ3v) is 3.06. The SMILES string of the molecule is CCN(CC)CCNC(=O)CNCC1CC1. The van der Waals surface area contributed by atoms with Crippen molar-refractivity contribution in [1.29, 1.82) is 0 Å². The normalized spacial score (nSPS) is 15.4. The molecule has 4 heteroatoms. The highest BCUT2D eigenvalue weighted by molar-refractivity contribution is 5.77. The Labute approximate surface area is 98.8 Å². The van der Waals surface area contributed by atoms with Gasteiger partial charge in [0.05, 0.1) is 6.54 Å². The zero-order valence-electron chi connectivity index (χ0n) is 10.6. The van der Waals surface area contributed by atoms with E-state index in [1.165, 1.54) is 12.8 Å². The number of nitrogens with zero attached hydrogens (tertiary/aromatic N) is 1. The van der Waals surface area contributed by atoms with Crippen molar-refractivity contribution in [2.45, 2.75) is 26.7 Å². The van der Waals surface area contributed by atoms with E-state index in [0.29, 0.717) is 6.54 Å². The maximum Gasteiger partial charge on any atom is 0.234 e. The zero-order chi connectivity index (χ0) is 11.8. The van der Waals surface area contributed by atoms with Gasteiger partial charge < -0.3 is 15.5 Å². The number of carbonyl (C=O) groups excluding carboxylic acids is 1. The number of amides is 1.